The summed E-state index contributed by atoms with van der Waals surface area (Å²) < 4.78 is 68.7. The number of rotatable bonds is 80. The van der Waals surface area contributed by atoms with Gasteiger partial charge in [-0.25, -0.2) is 9.13 Å². The topological polar surface area (TPSA) is 237 Å². The van der Waals surface area contributed by atoms with Gasteiger partial charge in [0.1, 0.15) is 19.3 Å². The molecule has 0 aliphatic heterocycles. The van der Waals surface area contributed by atoms with Crippen LogP contribution in [0.5, 0.6) is 0 Å². The minimum absolute atomic E-state index is 0.108. The Morgan fingerprint density at radius 1 is 0.270 bits per heavy atom. The molecule has 0 amide bonds. The number of hydrogen-bond donors (Lipinski definition) is 3. The van der Waals surface area contributed by atoms with E-state index in [2.05, 4.69) is 41.5 Å². The lowest BCUT2D eigenvalue weighted by atomic mass is 10.0. The zero-order chi connectivity index (χ0) is 73.5. The molecule has 0 aliphatic carbocycles. The number of carbonyl (C=O) groups is 4. The fourth-order valence-corrected chi connectivity index (χ4v) is 14.1. The van der Waals surface area contributed by atoms with Gasteiger partial charge in [-0.3, -0.25) is 37.3 Å². The fraction of sp³-hybridized carbons (Fsp3) is 0.951. The van der Waals surface area contributed by atoms with Crippen molar-refractivity contribution in [2.24, 2.45) is 11.8 Å². The zero-order valence-corrected chi connectivity index (χ0v) is 67.3. The summed E-state index contributed by atoms with van der Waals surface area (Å²) >= 11 is 0. The third-order valence-corrected chi connectivity index (χ3v) is 20.9. The Hall–Kier alpha value is -1.94. The van der Waals surface area contributed by atoms with Gasteiger partial charge < -0.3 is 33.8 Å². The minimum Gasteiger partial charge on any atom is -0.462 e. The molecule has 0 aromatic carbocycles. The van der Waals surface area contributed by atoms with E-state index in [0.29, 0.717) is 25.7 Å². The lowest BCUT2D eigenvalue weighted by Gasteiger charge is -2.21. The Bertz CT molecular complexity index is 1920. The van der Waals surface area contributed by atoms with Gasteiger partial charge in [-0.1, -0.05) is 375 Å². The Morgan fingerprint density at radius 3 is 0.680 bits per heavy atom. The van der Waals surface area contributed by atoms with Crippen LogP contribution in [-0.2, 0) is 65.4 Å². The lowest BCUT2D eigenvalue weighted by Crippen LogP contribution is -2.30. The second-order valence-electron chi connectivity index (χ2n) is 30.1. The molecule has 0 aromatic heterocycles. The highest BCUT2D eigenvalue weighted by Gasteiger charge is 2.30. The van der Waals surface area contributed by atoms with Crippen molar-refractivity contribution in [3.05, 3.63) is 0 Å². The molecule has 0 aromatic rings. The van der Waals surface area contributed by atoms with Gasteiger partial charge >= 0.3 is 39.5 Å². The number of esters is 4. The third-order valence-electron chi connectivity index (χ3n) is 19.0. The molecule has 0 saturated heterocycles. The van der Waals surface area contributed by atoms with Crippen molar-refractivity contribution < 1.29 is 80.2 Å². The van der Waals surface area contributed by atoms with Crippen LogP contribution in [-0.4, -0.2) is 96.7 Å². The SMILES string of the molecule is CCCCCCCCCCCCCCCCC(=O)O[C@H](COC(=O)CCCCCCCCCCCC)COP(=O)(O)OC[C@H](O)COP(=O)(O)OC[C@@H](COC(=O)CCCCCCCCCCCCCCCCC(C)C)OC(=O)CCCCCCCCCCCCCCCCCCC(C)C. The van der Waals surface area contributed by atoms with Gasteiger partial charge in [-0.05, 0) is 37.5 Å². The van der Waals surface area contributed by atoms with Crippen LogP contribution in [0.2, 0.25) is 0 Å². The van der Waals surface area contributed by atoms with E-state index in [1.807, 2.05) is 0 Å². The summed E-state index contributed by atoms with van der Waals surface area (Å²) in [5, 5.41) is 10.6. The predicted octanol–water partition coefficient (Wildman–Crippen LogP) is 24.3. The van der Waals surface area contributed by atoms with Crippen LogP contribution in [0.1, 0.15) is 427 Å². The average Bonchev–Trinajstić information content (AvgIpc) is 0.923. The summed E-state index contributed by atoms with van der Waals surface area (Å²) in [5.41, 5.74) is 0. The van der Waals surface area contributed by atoms with Gasteiger partial charge in [0.25, 0.3) is 0 Å². The second kappa shape index (κ2) is 72.6. The van der Waals surface area contributed by atoms with Gasteiger partial charge in [-0.2, -0.15) is 0 Å². The van der Waals surface area contributed by atoms with Gasteiger partial charge in [-0.15, -0.1) is 0 Å². The number of aliphatic hydroxyl groups excluding tert-OH is 1. The van der Waals surface area contributed by atoms with E-state index in [0.717, 1.165) is 102 Å². The first-order valence-corrected chi connectivity index (χ1v) is 45.0. The number of unbranched alkanes of at least 4 members (excludes halogenated alkanes) is 50. The Labute approximate surface area is 613 Å². The number of ether oxygens (including phenoxy) is 4. The van der Waals surface area contributed by atoms with Gasteiger partial charge in [0.2, 0.25) is 0 Å². The summed E-state index contributed by atoms with van der Waals surface area (Å²) in [4.78, 5) is 73.0. The van der Waals surface area contributed by atoms with Crippen LogP contribution in [0.4, 0.5) is 0 Å². The molecular weight excluding hydrogens is 1310 g/mol. The van der Waals surface area contributed by atoms with Crippen molar-refractivity contribution in [3.8, 4) is 0 Å². The van der Waals surface area contributed by atoms with E-state index < -0.39 is 97.5 Å². The smallest absolute Gasteiger partial charge is 0.462 e. The van der Waals surface area contributed by atoms with Gasteiger partial charge in [0, 0.05) is 25.7 Å². The van der Waals surface area contributed by atoms with E-state index in [1.165, 1.54) is 244 Å². The molecule has 0 aliphatic rings. The number of phosphoric acid groups is 2. The number of hydrogen-bond acceptors (Lipinski definition) is 15. The molecule has 0 bridgehead atoms. The maximum atomic E-state index is 13.1. The normalized spacial score (nSPS) is 13.9. The predicted molar refractivity (Wildman–Crippen MR) is 409 cm³/mol. The molecule has 5 atom stereocenters. The molecule has 100 heavy (non-hydrogen) atoms. The lowest BCUT2D eigenvalue weighted by molar-refractivity contribution is -0.161. The first-order valence-electron chi connectivity index (χ1n) is 42.0. The molecule has 0 spiro atoms. The van der Waals surface area contributed by atoms with Gasteiger partial charge in [0.05, 0.1) is 26.4 Å². The summed E-state index contributed by atoms with van der Waals surface area (Å²) in [6.07, 6.45) is 62.3. The maximum absolute atomic E-state index is 13.1. The highest BCUT2D eigenvalue weighted by Crippen LogP contribution is 2.45. The standard InChI is InChI=1S/C81H158O17P2/c1-7-9-11-13-15-17-19-20-29-35-41-47-53-59-65-80(85)97-76(69-91-78(83)63-57-51-45-39-18-16-14-12-10-8-2)71-95-99(87,88)93-67-75(82)68-94-100(89,90)96-72-77(70-92-79(84)64-58-52-46-40-34-30-26-25-28-33-38-44-50-56-62-74(5)6)98-81(86)66-60-54-48-42-36-31-24-22-21-23-27-32-37-43-49-55-61-73(3)4/h73-77,82H,7-72H2,1-6H3,(H,87,88)(H,89,90)/t75-,76+,77+/m0/s1. The average molecular weight is 1470 g/mol. The van der Waals surface area contributed by atoms with Crippen molar-refractivity contribution in [3.63, 3.8) is 0 Å². The number of phosphoric ester groups is 2. The summed E-state index contributed by atoms with van der Waals surface area (Å²) in [5.74, 6) is -0.498. The highest BCUT2D eigenvalue weighted by molar-refractivity contribution is 7.47. The number of aliphatic hydroxyl groups is 1. The molecule has 3 N–H and O–H groups in total. The van der Waals surface area contributed by atoms with E-state index in [1.54, 1.807) is 0 Å². The molecule has 2 unspecified atom stereocenters. The van der Waals surface area contributed by atoms with E-state index in [9.17, 15) is 43.2 Å². The van der Waals surface area contributed by atoms with Crippen LogP contribution >= 0.6 is 15.6 Å². The third kappa shape index (κ3) is 74.3. The first-order chi connectivity index (χ1) is 48.4. The van der Waals surface area contributed by atoms with Crippen LogP contribution in [0.3, 0.4) is 0 Å². The van der Waals surface area contributed by atoms with Crippen molar-refractivity contribution in [2.45, 2.75) is 445 Å². The molecule has 0 rings (SSSR count). The largest absolute Gasteiger partial charge is 0.472 e. The zero-order valence-electron chi connectivity index (χ0n) is 65.5. The minimum atomic E-state index is -4.96. The van der Waals surface area contributed by atoms with Crippen molar-refractivity contribution in [1.82, 2.24) is 0 Å². The fourth-order valence-electron chi connectivity index (χ4n) is 12.5. The van der Waals surface area contributed by atoms with E-state index in [-0.39, 0.29) is 25.7 Å². The summed E-state index contributed by atoms with van der Waals surface area (Å²) in [6, 6.07) is 0. The van der Waals surface area contributed by atoms with Crippen LogP contribution < -0.4 is 0 Å². The maximum Gasteiger partial charge on any atom is 0.472 e. The molecule has 0 saturated carbocycles. The van der Waals surface area contributed by atoms with Crippen LogP contribution in [0, 0.1) is 11.8 Å². The van der Waals surface area contributed by atoms with E-state index in [4.69, 9.17) is 37.0 Å². The quantitative estimate of drug-likeness (QED) is 0.0222. The molecular formula is C81H158O17P2. The Balaban J connectivity index is 5.24. The van der Waals surface area contributed by atoms with Gasteiger partial charge in [0.15, 0.2) is 12.2 Å². The Morgan fingerprint density at radius 2 is 0.460 bits per heavy atom. The monoisotopic (exact) mass is 1470 g/mol. The van der Waals surface area contributed by atoms with E-state index >= 15 is 0 Å². The van der Waals surface area contributed by atoms with Crippen molar-refractivity contribution >= 4 is 39.5 Å². The first kappa shape index (κ1) is 98.1. The molecule has 0 radical (unpaired) electrons. The summed E-state index contributed by atoms with van der Waals surface area (Å²) in [6.45, 7) is 9.69. The van der Waals surface area contributed by atoms with Crippen molar-refractivity contribution in [1.29, 1.82) is 0 Å². The van der Waals surface area contributed by atoms with Crippen LogP contribution in [0.25, 0.3) is 0 Å². The van der Waals surface area contributed by atoms with Crippen LogP contribution in [0.15, 0.2) is 0 Å². The Kier molecular flexibility index (Phi) is 71.2. The second-order valence-corrected chi connectivity index (χ2v) is 33.0. The number of carbonyl (C=O) groups excluding carboxylic acids is 4. The molecule has 594 valence electrons. The molecule has 0 fully saturated rings. The van der Waals surface area contributed by atoms with Crippen molar-refractivity contribution in [2.75, 3.05) is 39.6 Å². The molecule has 17 nitrogen and oxygen atoms in total. The highest BCUT2D eigenvalue weighted by atomic mass is 31.2. The molecule has 0 heterocycles. The molecule has 19 heteroatoms. The summed E-state index contributed by atoms with van der Waals surface area (Å²) in [7, 11) is -9.92.